The highest BCUT2D eigenvalue weighted by Crippen LogP contribution is 2.36. The lowest BCUT2D eigenvalue weighted by Gasteiger charge is -2.13. The molecule has 3 aromatic rings. The van der Waals surface area contributed by atoms with E-state index in [2.05, 4.69) is 15.4 Å². The first kappa shape index (κ1) is 17.8. The molecule has 0 fully saturated rings. The first-order valence-electron chi connectivity index (χ1n) is 7.74. The number of amides is 1. The van der Waals surface area contributed by atoms with E-state index < -0.39 is 0 Å². The second-order valence-corrected chi connectivity index (χ2v) is 5.79. The minimum Gasteiger partial charge on any atom is -0.495 e. The number of hydrogen-bond acceptors (Lipinski definition) is 5. The fraction of sp³-hybridized carbons (Fsp3) is 0.167. The maximum atomic E-state index is 12.7. The van der Waals surface area contributed by atoms with Crippen LogP contribution in [0.25, 0.3) is 5.82 Å². The van der Waals surface area contributed by atoms with Crippen LogP contribution in [-0.4, -0.2) is 34.9 Å². The Morgan fingerprint density at radius 1 is 1.19 bits per heavy atom. The second kappa shape index (κ2) is 7.45. The van der Waals surface area contributed by atoms with Gasteiger partial charge < -0.3 is 14.8 Å². The number of carbonyl (C=O) groups is 1. The molecule has 0 saturated carbocycles. The number of aromatic nitrogens is 3. The van der Waals surface area contributed by atoms with Gasteiger partial charge in [0.25, 0.3) is 5.91 Å². The quantitative estimate of drug-likeness (QED) is 0.741. The van der Waals surface area contributed by atoms with Gasteiger partial charge in [-0.15, -0.1) is 0 Å². The molecule has 134 valence electrons. The minimum absolute atomic E-state index is 0.329. The summed E-state index contributed by atoms with van der Waals surface area (Å²) in [5.41, 5.74) is 1.53. The molecule has 7 nitrogen and oxygen atoms in total. The number of anilines is 1. The van der Waals surface area contributed by atoms with Crippen LogP contribution in [0.15, 0.2) is 42.7 Å². The molecule has 0 aliphatic heterocycles. The summed E-state index contributed by atoms with van der Waals surface area (Å²) in [5, 5.41) is 7.42. The number of hydrogen-bond donors (Lipinski definition) is 1. The Morgan fingerprint density at radius 3 is 2.62 bits per heavy atom. The van der Waals surface area contributed by atoms with Gasteiger partial charge in [-0.3, -0.25) is 4.79 Å². The Kier molecular flexibility index (Phi) is 5.09. The molecule has 0 unspecified atom stereocenters. The van der Waals surface area contributed by atoms with Crippen LogP contribution in [0, 0.1) is 6.92 Å². The third-order valence-corrected chi connectivity index (χ3v) is 4.14. The lowest BCUT2D eigenvalue weighted by Crippen LogP contribution is -2.14. The Balaban J connectivity index is 1.90. The Morgan fingerprint density at radius 2 is 1.96 bits per heavy atom. The van der Waals surface area contributed by atoms with Gasteiger partial charge in [-0.1, -0.05) is 17.7 Å². The molecule has 0 radical (unpaired) electrons. The molecule has 0 saturated heterocycles. The number of benzene rings is 1. The van der Waals surface area contributed by atoms with Crippen molar-refractivity contribution in [2.45, 2.75) is 6.92 Å². The smallest absolute Gasteiger partial charge is 0.259 e. The van der Waals surface area contributed by atoms with Crippen molar-refractivity contribution in [2.24, 2.45) is 0 Å². The van der Waals surface area contributed by atoms with Crippen molar-refractivity contribution < 1.29 is 14.3 Å². The van der Waals surface area contributed by atoms with Crippen LogP contribution >= 0.6 is 11.6 Å². The summed E-state index contributed by atoms with van der Waals surface area (Å²) in [6.45, 7) is 1.80. The summed E-state index contributed by atoms with van der Waals surface area (Å²) in [4.78, 5) is 16.9. The van der Waals surface area contributed by atoms with E-state index in [4.69, 9.17) is 21.1 Å². The van der Waals surface area contributed by atoms with E-state index in [0.29, 0.717) is 39.3 Å². The van der Waals surface area contributed by atoms with Gasteiger partial charge in [0.1, 0.15) is 11.5 Å². The van der Waals surface area contributed by atoms with Crippen molar-refractivity contribution in [1.82, 2.24) is 14.8 Å². The van der Waals surface area contributed by atoms with Crippen molar-refractivity contribution in [3.05, 3.63) is 59.0 Å². The maximum absolute atomic E-state index is 12.7. The molecule has 2 heterocycles. The largest absolute Gasteiger partial charge is 0.495 e. The topological polar surface area (TPSA) is 78.3 Å². The molecular weight excluding hydrogens is 356 g/mol. The van der Waals surface area contributed by atoms with Crippen LogP contribution in [0.5, 0.6) is 11.5 Å². The predicted molar refractivity (Wildman–Crippen MR) is 98.6 cm³/mol. The Labute approximate surface area is 155 Å². The summed E-state index contributed by atoms with van der Waals surface area (Å²) >= 11 is 6.15. The number of rotatable bonds is 5. The summed E-state index contributed by atoms with van der Waals surface area (Å²) in [6.07, 6.45) is 3.16. The van der Waals surface area contributed by atoms with Gasteiger partial charge in [-0.05, 0) is 25.1 Å². The molecule has 0 aliphatic rings. The number of pyridine rings is 1. The minimum atomic E-state index is -0.329. The van der Waals surface area contributed by atoms with Gasteiger partial charge in [-0.25, -0.2) is 9.67 Å². The summed E-state index contributed by atoms with van der Waals surface area (Å²) in [6, 6.07) is 8.68. The average Bonchev–Trinajstić information content (AvgIpc) is 3.04. The molecule has 2 aromatic heterocycles. The van der Waals surface area contributed by atoms with Gasteiger partial charge in [-0.2, -0.15) is 5.10 Å². The van der Waals surface area contributed by atoms with Crippen molar-refractivity contribution in [3.63, 3.8) is 0 Å². The number of ether oxygens (including phenoxy) is 2. The molecule has 0 aliphatic carbocycles. The lowest BCUT2D eigenvalue weighted by atomic mass is 10.2. The van der Waals surface area contributed by atoms with Gasteiger partial charge in [0, 0.05) is 12.3 Å². The molecule has 0 atom stereocenters. The third-order valence-electron chi connectivity index (χ3n) is 3.84. The molecule has 26 heavy (non-hydrogen) atoms. The lowest BCUT2D eigenvalue weighted by molar-refractivity contribution is 0.102. The van der Waals surface area contributed by atoms with Crippen LogP contribution in [0.2, 0.25) is 5.02 Å². The van der Waals surface area contributed by atoms with Crippen LogP contribution in [0.1, 0.15) is 16.1 Å². The van der Waals surface area contributed by atoms with Crippen molar-refractivity contribution in [3.8, 4) is 17.3 Å². The Hall–Kier alpha value is -3.06. The molecule has 0 bridgehead atoms. The summed E-state index contributed by atoms with van der Waals surface area (Å²) < 4.78 is 12.1. The first-order chi connectivity index (χ1) is 12.5. The molecule has 3 rings (SSSR count). The summed E-state index contributed by atoms with van der Waals surface area (Å²) in [7, 11) is 3.01. The highest BCUT2D eigenvalue weighted by Gasteiger charge is 2.18. The van der Waals surface area contributed by atoms with E-state index in [1.54, 1.807) is 29.9 Å². The van der Waals surface area contributed by atoms with E-state index in [1.165, 1.54) is 20.4 Å². The van der Waals surface area contributed by atoms with Crippen LogP contribution in [0.4, 0.5) is 5.69 Å². The number of carbonyl (C=O) groups excluding carboxylic acids is 1. The van der Waals surface area contributed by atoms with E-state index >= 15 is 0 Å². The van der Waals surface area contributed by atoms with E-state index in [9.17, 15) is 4.79 Å². The number of methoxy groups -OCH3 is 2. The predicted octanol–water partition coefficient (Wildman–Crippen LogP) is 3.50. The molecule has 0 spiro atoms. The molecule has 1 aromatic carbocycles. The zero-order valence-corrected chi connectivity index (χ0v) is 15.2. The molecule has 8 heteroatoms. The number of nitrogens with zero attached hydrogens (tertiary/aromatic N) is 3. The Bertz CT molecular complexity index is 941. The van der Waals surface area contributed by atoms with Gasteiger partial charge in [0.2, 0.25) is 0 Å². The maximum Gasteiger partial charge on any atom is 0.259 e. The van der Waals surface area contributed by atoms with E-state index in [0.717, 1.165) is 0 Å². The van der Waals surface area contributed by atoms with Crippen LogP contribution < -0.4 is 14.8 Å². The van der Waals surface area contributed by atoms with E-state index in [-0.39, 0.29) is 5.91 Å². The summed E-state index contributed by atoms with van der Waals surface area (Å²) in [5.74, 6) is 1.20. The van der Waals surface area contributed by atoms with Crippen LogP contribution in [0.3, 0.4) is 0 Å². The number of nitrogens with one attached hydrogen (secondary N) is 1. The fourth-order valence-electron chi connectivity index (χ4n) is 2.49. The van der Waals surface area contributed by atoms with Crippen molar-refractivity contribution >= 4 is 23.2 Å². The standard InChI is InChI=1S/C18H17ClN4O3/c1-11-12(10-21-23(11)17-6-4-5-7-20-17)18(24)22-14-8-13(19)15(25-2)9-16(14)26-3/h4-10H,1-3H3,(H,22,24). The molecular formula is C18H17ClN4O3. The zero-order valence-electron chi connectivity index (χ0n) is 14.5. The van der Waals surface area contributed by atoms with Crippen LogP contribution in [-0.2, 0) is 0 Å². The highest BCUT2D eigenvalue weighted by atomic mass is 35.5. The third kappa shape index (κ3) is 3.34. The molecule has 1 N–H and O–H groups in total. The normalized spacial score (nSPS) is 10.5. The van der Waals surface area contributed by atoms with Gasteiger partial charge in [0.15, 0.2) is 5.82 Å². The van der Waals surface area contributed by atoms with Gasteiger partial charge in [0.05, 0.1) is 42.4 Å². The SMILES string of the molecule is COc1cc(OC)c(NC(=O)c2cnn(-c3ccccn3)c2C)cc1Cl. The zero-order chi connectivity index (χ0) is 18.7. The van der Waals surface area contributed by atoms with E-state index in [1.807, 2.05) is 18.2 Å². The highest BCUT2D eigenvalue weighted by molar-refractivity contribution is 6.32. The van der Waals surface area contributed by atoms with Crippen molar-refractivity contribution in [2.75, 3.05) is 19.5 Å². The monoisotopic (exact) mass is 372 g/mol. The van der Waals surface area contributed by atoms with Gasteiger partial charge >= 0.3 is 0 Å². The fourth-order valence-corrected chi connectivity index (χ4v) is 2.73. The second-order valence-electron chi connectivity index (χ2n) is 5.38. The molecule has 1 amide bonds. The average molecular weight is 373 g/mol. The first-order valence-corrected chi connectivity index (χ1v) is 8.12. The van der Waals surface area contributed by atoms with Crippen molar-refractivity contribution in [1.29, 1.82) is 0 Å². The number of halogens is 1.